The number of rotatable bonds is 0. The number of carbonyl (C=O) groups excluding carboxylic acids is 1. The molecule has 0 spiro atoms. The monoisotopic (exact) mass is 181 g/mol. The lowest BCUT2D eigenvalue weighted by Gasteiger charge is -2.05. The summed E-state index contributed by atoms with van der Waals surface area (Å²) in [4.78, 5) is 12.6. The number of hydrogen-bond acceptors (Lipinski definition) is 1. The molecule has 1 heterocycles. The Hall–Kier alpha value is -1.22. The molecular weight excluding hydrogens is 176 g/mol. The zero-order valence-corrected chi connectivity index (χ0v) is 7.17. The summed E-state index contributed by atoms with van der Waals surface area (Å²) in [5.74, 6) is 0. The molecule has 0 fully saturated rings. The van der Waals surface area contributed by atoms with E-state index in [4.69, 9.17) is 11.6 Å². The molecule has 2 amide bonds. The molecule has 1 aromatic rings. The molecule has 0 aromatic heterocycles. The number of hydrogen-bond donors (Lipinski definition) is 0. The van der Waals surface area contributed by atoms with Gasteiger partial charge in [0.05, 0.1) is 11.4 Å². The second-order valence-electron chi connectivity index (χ2n) is 2.59. The highest BCUT2D eigenvalue weighted by molar-refractivity contribution is 6.31. The van der Waals surface area contributed by atoms with Crippen LogP contribution in [0.2, 0.25) is 5.02 Å². The fourth-order valence-electron chi connectivity index (χ4n) is 1.15. The van der Waals surface area contributed by atoms with Gasteiger partial charge in [0.15, 0.2) is 0 Å². The van der Waals surface area contributed by atoms with E-state index in [9.17, 15) is 4.79 Å². The molecule has 0 unspecified atom stereocenters. The third-order valence-electron chi connectivity index (χ3n) is 1.80. The van der Waals surface area contributed by atoms with Crippen molar-refractivity contribution < 1.29 is 4.79 Å². The van der Waals surface area contributed by atoms with Gasteiger partial charge in [0, 0.05) is 12.1 Å². The van der Waals surface area contributed by atoms with E-state index < -0.39 is 0 Å². The minimum absolute atomic E-state index is 0.243. The van der Waals surface area contributed by atoms with Gasteiger partial charge in [-0.1, -0.05) is 11.6 Å². The van der Waals surface area contributed by atoms with E-state index in [0.717, 1.165) is 5.69 Å². The van der Waals surface area contributed by atoms with E-state index in [1.54, 1.807) is 25.2 Å². The van der Waals surface area contributed by atoms with Crippen LogP contribution in [0.15, 0.2) is 18.2 Å². The Bertz CT molecular complexity index is 351. The summed E-state index contributed by atoms with van der Waals surface area (Å²) in [7, 11) is 1.69. The molecule has 3 nitrogen and oxygen atoms in total. The van der Waals surface area contributed by atoms with E-state index >= 15 is 0 Å². The van der Waals surface area contributed by atoms with Crippen molar-refractivity contribution in [2.24, 2.45) is 0 Å². The lowest BCUT2D eigenvalue weighted by atomic mass is 10.3. The van der Waals surface area contributed by atoms with Crippen molar-refractivity contribution >= 4 is 29.0 Å². The summed E-state index contributed by atoms with van der Waals surface area (Å²) in [6.45, 7) is 0. The number of fused-ring (bicyclic) bond motifs is 1. The summed E-state index contributed by atoms with van der Waals surface area (Å²) < 4.78 is 0. The van der Waals surface area contributed by atoms with Crippen LogP contribution in [0.4, 0.5) is 16.2 Å². The first-order valence-electron chi connectivity index (χ1n) is 3.47. The first-order chi connectivity index (χ1) is 5.68. The summed E-state index contributed by atoms with van der Waals surface area (Å²) in [5.41, 5.74) is 1.46. The Morgan fingerprint density at radius 2 is 2.25 bits per heavy atom. The SMILES string of the molecule is CN1C(=O)[N]c2cc(Cl)ccc21. The number of halogens is 1. The fraction of sp³-hybridized carbons (Fsp3) is 0.125. The molecule has 0 bridgehead atoms. The van der Waals surface area contributed by atoms with Crippen LogP contribution < -0.4 is 10.2 Å². The van der Waals surface area contributed by atoms with Crippen molar-refractivity contribution in [2.75, 3.05) is 11.9 Å². The quantitative estimate of drug-likeness (QED) is 0.604. The van der Waals surface area contributed by atoms with Crippen LogP contribution in [0.1, 0.15) is 0 Å². The normalized spacial score (nSPS) is 14.5. The van der Waals surface area contributed by atoms with Gasteiger partial charge in [0.25, 0.3) is 0 Å². The van der Waals surface area contributed by atoms with Gasteiger partial charge in [-0.3, -0.25) is 4.90 Å². The highest BCUT2D eigenvalue weighted by atomic mass is 35.5. The van der Waals surface area contributed by atoms with Crippen molar-refractivity contribution in [3.63, 3.8) is 0 Å². The molecule has 0 saturated carbocycles. The van der Waals surface area contributed by atoms with E-state index in [-0.39, 0.29) is 6.03 Å². The van der Waals surface area contributed by atoms with Gasteiger partial charge in [-0.15, -0.1) is 0 Å². The summed E-state index contributed by atoms with van der Waals surface area (Å²) >= 11 is 5.73. The molecule has 0 N–H and O–H groups in total. The van der Waals surface area contributed by atoms with Crippen molar-refractivity contribution in [3.8, 4) is 0 Å². The maximum atomic E-state index is 11.1. The van der Waals surface area contributed by atoms with Gasteiger partial charge in [-0.2, -0.15) is 5.32 Å². The number of urea groups is 1. The summed E-state index contributed by atoms with van der Waals surface area (Å²) in [6.07, 6.45) is 0. The molecule has 0 aliphatic carbocycles. The molecule has 12 heavy (non-hydrogen) atoms. The Kier molecular flexibility index (Phi) is 1.48. The molecule has 1 aliphatic rings. The van der Waals surface area contributed by atoms with Crippen LogP contribution in [-0.4, -0.2) is 13.1 Å². The standard InChI is InChI=1S/C8H6ClN2O/c1-11-7-3-2-5(9)4-6(7)10-8(11)12/h2-4H,1H3. The molecule has 1 radical (unpaired) electrons. The number of amides is 2. The average Bonchev–Trinajstić information content (AvgIpc) is 2.28. The Morgan fingerprint density at radius 3 is 3.00 bits per heavy atom. The second-order valence-corrected chi connectivity index (χ2v) is 3.02. The van der Waals surface area contributed by atoms with Crippen LogP contribution in [-0.2, 0) is 0 Å². The summed E-state index contributed by atoms with van der Waals surface area (Å²) in [6, 6.07) is 4.96. The highest BCUT2D eigenvalue weighted by Gasteiger charge is 2.24. The maximum Gasteiger partial charge on any atom is 0.348 e. The zero-order chi connectivity index (χ0) is 8.72. The van der Waals surface area contributed by atoms with Crippen LogP contribution in [0.3, 0.4) is 0 Å². The molecule has 4 heteroatoms. The molecule has 1 aromatic carbocycles. The summed E-state index contributed by atoms with van der Waals surface area (Å²) in [5, 5.41) is 4.39. The van der Waals surface area contributed by atoms with E-state index in [1.165, 1.54) is 4.90 Å². The maximum absolute atomic E-state index is 11.1. The van der Waals surface area contributed by atoms with Gasteiger partial charge in [-0.25, -0.2) is 4.79 Å². The van der Waals surface area contributed by atoms with Gasteiger partial charge >= 0.3 is 6.03 Å². The van der Waals surface area contributed by atoms with Gasteiger partial charge in [0.1, 0.15) is 0 Å². The molecule has 61 valence electrons. The predicted molar refractivity (Wildman–Crippen MR) is 47.0 cm³/mol. The highest BCUT2D eigenvalue weighted by Crippen LogP contribution is 2.33. The second kappa shape index (κ2) is 2.38. The third-order valence-corrected chi connectivity index (χ3v) is 2.04. The van der Waals surface area contributed by atoms with Crippen molar-refractivity contribution in [1.29, 1.82) is 0 Å². The van der Waals surface area contributed by atoms with Crippen molar-refractivity contribution in [2.45, 2.75) is 0 Å². The third kappa shape index (κ3) is 0.940. The first-order valence-corrected chi connectivity index (χ1v) is 3.85. The largest absolute Gasteiger partial charge is 0.348 e. The number of nitrogens with zero attached hydrogens (tertiary/aromatic N) is 2. The first kappa shape index (κ1) is 7.43. The van der Waals surface area contributed by atoms with Crippen LogP contribution >= 0.6 is 11.6 Å². The van der Waals surface area contributed by atoms with E-state index in [2.05, 4.69) is 5.32 Å². The van der Waals surface area contributed by atoms with Crippen molar-refractivity contribution in [3.05, 3.63) is 23.2 Å². The number of benzene rings is 1. The Morgan fingerprint density at radius 1 is 1.50 bits per heavy atom. The minimum atomic E-state index is -0.243. The number of anilines is 1. The smallest absolute Gasteiger partial charge is 0.293 e. The fourth-order valence-corrected chi connectivity index (χ4v) is 1.32. The van der Waals surface area contributed by atoms with Gasteiger partial charge in [-0.05, 0) is 18.2 Å². The van der Waals surface area contributed by atoms with Crippen LogP contribution in [0.25, 0.3) is 0 Å². The predicted octanol–water partition coefficient (Wildman–Crippen LogP) is 2.15. The molecular formula is C8H6ClN2O. The molecule has 0 saturated heterocycles. The molecule has 0 atom stereocenters. The topological polar surface area (TPSA) is 34.4 Å². The average molecular weight is 182 g/mol. The Labute approximate surface area is 74.9 Å². The van der Waals surface area contributed by atoms with Gasteiger partial charge in [0.2, 0.25) is 0 Å². The van der Waals surface area contributed by atoms with Crippen LogP contribution in [0.5, 0.6) is 0 Å². The molecule has 2 rings (SSSR count). The lowest BCUT2D eigenvalue weighted by Crippen LogP contribution is -2.22. The van der Waals surface area contributed by atoms with E-state index in [1.807, 2.05) is 0 Å². The minimum Gasteiger partial charge on any atom is -0.293 e. The zero-order valence-electron chi connectivity index (χ0n) is 6.41. The molecule has 1 aliphatic heterocycles. The van der Waals surface area contributed by atoms with Gasteiger partial charge < -0.3 is 0 Å². The van der Waals surface area contributed by atoms with E-state index in [0.29, 0.717) is 10.7 Å². The Balaban J connectivity index is 2.54. The lowest BCUT2D eigenvalue weighted by molar-refractivity contribution is 0.252. The number of carbonyl (C=O) groups is 1. The van der Waals surface area contributed by atoms with Crippen LogP contribution in [0, 0.1) is 0 Å². The van der Waals surface area contributed by atoms with Crippen molar-refractivity contribution in [1.82, 2.24) is 5.32 Å².